The molecule has 288 valence electrons. The maximum Gasteiger partial charge on any atom is 0.135 e. The molecule has 1 spiro atoms. The van der Waals surface area contributed by atoms with E-state index in [0.717, 1.165) is 17.9 Å². The average molecular weight is 780 g/mol. The molecule has 0 aromatic heterocycles. The van der Waals surface area contributed by atoms with Crippen LogP contribution in [0.5, 0.6) is 5.75 Å². The van der Waals surface area contributed by atoms with Gasteiger partial charge >= 0.3 is 0 Å². The van der Waals surface area contributed by atoms with Crippen LogP contribution in [0.2, 0.25) is 0 Å². The third kappa shape index (κ3) is 4.85. The lowest BCUT2D eigenvalue weighted by molar-refractivity contribution is 0.223. The van der Waals surface area contributed by atoms with E-state index in [1.807, 2.05) is 0 Å². The van der Waals surface area contributed by atoms with E-state index in [0.29, 0.717) is 5.92 Å². The molecule has 1 heterocycles. The Morgan fingerprint density at radius 2 is 1.10 bits per heavy atom. The van der Waals surface area contributed by atoms with Gasteiger partial charge in [0.2, 0.25) is 0 Å². The van der Waals surface area contributed by atoms with E-state index in [9.17, 15) is 0 Å². The molecule has 3 atom stereocenters. The number of anilines is 2. The van der Waals surface area contributed by atoms with Gasteiger partial charge in [0.05, 0.1) is 16.8 Å². The molecule has 2 nitrogen and oxygen atoms in total. The van der Waals surface area contributed by atoms with E-state index in [2.05, 4.69) is 223 Å². The SMILES string of the molecule is C1=CC(c2ccccc2)CC=C1N(c1cccc2c1-c1ccccc1C21c2ccccc2-c2ccccc21)c1cccc2c1C1C=C(c3ccccc3)c3ccccc3C1O2. The van der Waals surface area contributed by atoms with Crippen LogP contribution >= 0.6 is 0 Å². The molecule has 0 saturated carbocycles. The van der Waals surface area contributed by atoms with E-state index in [4.69, 9.17) is 4.74 Å². The Balaban J connectivity index is 1.06. The van der Waals surface area contributed by atoms with Gasteiger partial charge in [-0.3, -0.25) is 0 Å². The number of nitrogens with zero attached hydrogens (tertiary/aromatic N) is 1. The Hall–Kier alpha value is -7.42. The van der Waals surface area contributed by atoms with Crippen molar-refractivity contribution in [1.29, 1.82) is 0 Å². The summed E-state index contributed by atoms with van der Waals surface area (Å²) in [5, 5.41) is 0. The van der Waals surface area contributed by atoms with Crippen molar-refractivity contribution in [3.63, 3.8) is 0 Å². The number of hydrogen-bond donors (Lipinski definition) is 0. The Kier molecular flexibility index (Phi) is 7.51. The first-order valence-electron chi connectivity index (χ1n) is 21.6. The van der Waals surface area contributed by atoms with Crippen molar-refractivity contribution in [1.82, 2.24) is 0 Å². The van der Waals surface area contributed by atoms with Crippen LogP contribution in [0.4, 0.5) is 11.4 Å². The fourth-order valence-electron chi connectivity index (χ4n) is 11.5. The highest BCUT2D eigenvalue weighted by Gasteiger charge is 2.52. The fraction of sp³-hybridized carbons (Fsp3) is 0.0847. The Labute approximate surface area is 357 Å². The van der Waals surface area contributed by atoms with Crippen molar-refractivity contribution in [3.05, 3.63) is 274 Å². The summed E-state index contributed by atoms with van der Waals surface area (Å²) >= 11 is 0. The second kappa shape index (κ2) is 13.3. The Morgan fingerprint density at radius 1 is 0.508 bits per heavy atom. The fourth-order valence-corrected chi connectivity index (χ4v) is 11.5. The lowest BCUT2D eigenvalue weighted by atomic mass is 9.70. The number of rotatable bonds is 5. The van der Waals surface area contributed by atoms with Gasteiger partial charge in [-0.1, -0.05) is 194 Å². The van der Waals surface area contributed by atoms with E-state index < -0.39 is 5.41 Å². The van der Waals surface area contributed by atoms with Gasteiger partial charge in [0.25, 0.3) is 0 Å². The minimum absolute atomic E-state index is 0.00742. The predicted molar refractivity (Wildman–Crippen MR) is 248 cm³/mol. The zero-order chi connectivity index (χ0) is 40.1. The minimum Gasteiger partial charge on any atom is -0.484 e. The standard InChI is InChI=1S/C59H41NO/c1-3-17-38(18-4-1)39-33-35-41(36-34-39)60(54-31-16-32-55-57(54)48-37-47(40-19-5-2-6-20-40)42-21-7-8-24-45(42)58(48)61-55)53-30-15-29-52-56(53)46-25-11-14-28-51(46)59(52)49-26-12-9-22-43(49)44-23-10-13-27-50(44)59/h1-33,35-37,39,48,58H,34H2. The van der Waals surface area contributed by atoms with Crippen molar-refractivity contribution in [3.8, 4) is 28.0 Å². The topological polar surface area (TPSA) is 12.5 Å². The third-order valence-electron chi connectivity index (χ3n) is 14.0. The van der Waals surface area contributed by atoms with Crippen LogP contribution < -0.4 is 9.64 Å². The minimum atomic E-state index is -0.441. The third-order valence-corrected chi connectivity index (χ3v) is 14.0. The van der Waals surface area contributed by atoms with Crippen LogP contribution in [-0.2, 0) is 5.41 Å². The van der Waals surface area contributed by atoms with Gasteiger partial charge in [-0.15, -0.1) is 0 Å². The molecule has 5 aliphatic rings. The summed E-state index contributed by atoms with van der Waals surface area (Å²) < 4.78 is 7.10. The van der Waals surface area contributed by atoms with Crippen LogP contribution in [0.3, 0.4) is 0 Å². The number of fused-ring (bicyclic) bond motifs is 15. The first kappa shape index (κ1) is 34.4. The van der Waals surface area contributed by atoms with Gasteiger partial charge in [0.1, 0.15) is 11.9 Å². The summed E-state index contributed by atoms with van der Waals surface area (Å²) in [5.41, 5.74) is 21.2. The maximum absolute atomic E-state index is 7.10. The van der Waals surface area contributed by atoms with Gasteiger partial charge in [-0.05, 0) is 91.9 Å². The number of ether oxygens (including phenoxy) is 1. The normalized spacial score (nSPS) is 19.0. The first-order chi connectivity index (χ1) is 30.3. The smallest absolute Gasteiger partial charge is 0.135 e. The van der Waals surface area contributed by atoms with E-state index >= 15 is 0 Å². The highest BCUT2D eigenvalue weighted by atomic mass is 16.5. The highest BCUT2D eigenvalue weighted by Crippen LogP contribution is 2.65. The largest absolute Gasteiger partial charge is 0.484 e. The van der Waals surface area contributed by atoms with E-state index in [1.165, 1.54) is 89.3 Å². The van der Waals surface area contributed by atoms with Gasteiger partial charge in [0, 0.05) is 34.2 Å². The van der Waals surface area contributed by atoms with Gasteiger partial charge in [0.15, 0.2) is 0 Å². The van der Waals surface area contributed by atoms with Crippen LogP contribution in [0.15, 0.2) is 224 Å². The molecule has 0 amide bonds. The molecule has 3 unspecified atom stereocenters. The zero-order valence-electron chi connectivity index (χ0n) is 33.6. The van der Waals surface area contributed by atoms with Crippen molar-refractivity contribution >= 4 is 16.9 Å². The molecule has 0 fully saturated rings. The summed E-state index contributed by atoms with van der Waals surface area (Å²) in [6.45, 7) is 0. The molecule has 0 saturated heterocycles. The second-order valence-electron chi connectivity index (χ2n) is 16.9. The second-order valence-corrected chi connectivity index (χ2v) is 16.9. The molecule has 1 aliphatic heterocycles. The molecule has 0 bridgehead atoms. The molecule has 13 rings (SSSR count). The van der Waals surface area contributed by atoms with Crippen molar-refractivity contribution < 1.29 is 4.74 Å². The Morgan fingerprint density at radius 3 is 1.82 bits per heavy atom. The lowest BCUT2D eigenvalue weighted by Crippen LogP contribution is -2.26. The van der Waals surface area contributed by atoms with Crippen molar-refractivity contribution in [2.75, 3.05) is 4.90 Å². The Bertz CT molecular complexity index is 3130. The van der Waals surface area contributed by atoms with Crippen LogP contribution in [0.25, 0.3) is 27.8 Å². The summed E-state index contributed by atoms with van der Waals surface area (Å²) in [6, 6.07) is 71.6. The molecular formula is C59H41NO. The average Bonchev–Trinajstić information content (AvgIpc) is 3.97. The zero-order valence-corrected chi connectivity index (χ0v) is 33.6. The number of hydrogen-bond acceptors (Lipinski definition) is 2. The van der Waals surface area contributed by atoms with Gasteiger partial charge < -0.3 is 9.64 Å². The molecule has 2 heteroatoms. The predicted octanol–water partition coefficient (Wildman–Crippen LogP) is 14.5. The van der Waals surface area contributed by atoms with E-state index in [1.54, 1.807) is 0 Å². The first-order valence-corrected chi connectivity index (χ1v) is 21.6. The molecule has 4 aliphatic carbocycles. The molecular weight excluding hydrogens is 739 g/mol. The quantitative estimate of drug-likeness (QED) is 0.172. The summed E-state index contributed by atoms with van der Waals surface area (Å²) in [6.07, 6.45) is 10.5. The summed E-state index contributed by atoms with van der Waals surface area (Å²) in [5.74, 6) is 1.26. The van der Waals surface area contributed by atoms with Crippen LogP contribution in [-0.4, -0.2) is 0 Å². The highest BCUT2D eigenvalue weighted by molar-refractivity contribution is 6.01. The van der Waals surface area contributed by atoms with Gasteiger partial charge in [-0.25, -0.2) is 0 Å². The van der Waals surface area contributed by atoms with Crippen molar-refractivity contribution in [2.45, 2.75) is 29.8 Å². The summed E-state index contributed by atoms with van der Waals surface area (Å²) in [7, 11) is 0. The number of allylic oxidation sites excluding steroid dienone is 3. The molecule has 0 N–H and O–H groups in total. The van der Waals surface area contributed by atoms with Crippen molar-refractivity contribution in [2.24, 2.45) is 0 Å². The molecule has 8 aromatic carbocycles. The van der Waals surface area contributed by atoms with Gasteiger partial charge in [-0.2, -0.15) is 0 Å². The molecule has 0 radical (unpaired) electrons. The maximum atomic E-state index is 7.10. The van der Waals surface area contributed by atoms with Crippen LogP contribution in [0.1, 0.15) is 74.4 Å². The van der Waals surface area contributed by atoms with Crippen LogP contribution in [0, 0.1) is 0 Å². The summed E-state index contributed by atoms with van der Waals surface area (Å²) in [4.78, 5) is 2.57. The monoisotopic (exact) mass is 779 g/mol. The molecule has 61 heavy (non-hydrogen) atoms. The lowest BCUT2D eigenvalue weighted by Gasteiger charge is -2.34. The molecule has 8 aromatic rings. The van der Waals surface area contributed by atoms with E-state index in [-0.39, 0.29) is 12.0 Å². The number of benzene rings is 8.